The van der Waals surface area contributed by atoms with Crippen LogP contribution in [0.1, 0.15) is 5.56 Å². The third kappa shape index (κ3) is 3.69. The molecule has 0 spiro atoms. The third-order valence-corrected chi connectivity index (χ3v) is 2.84. The Labute approximate surface area is 124 Å². The fourth-order valence-electron chi connectivity index (χ4n) is 1.86. The first kappa shape index (κ1) is 15.7. The number of hydrogen-bond donors (Lipinski definition) is 2. The number of ether oxygens (including phenoxy) is 1. The lowest BCUT2D eigenvalue weighted by Gasteiger charge is -2.15. The molecule has 4 nitrogen and oxygen atoms in total. The average molecular weight is 310 g/mol. The minimum Gasteiger partial charge on any atom is -0.495 e. The first-order valence-electron chi connectivity index (χ1n) is 6.29. The Morgan fingerprint density at radius 1 is 0.955 bits per heavy atom. The van der Waals surface area contributed by atoms with Gasteiger partial charge in [0.05, 0.1) is 24.0 Å². The maximum Gasteiger partial charge on any atom is 0.418 e. The Hall–Kier alpha value is -2.70. The highest BCUT2D eigenvalue weighted by Gasteiger charge is 2.33. The summed E-state index contributed by atoms with van der Waals surface area (Å²) in [4.78, 5) is 11.9. The van der Waals surface area contributed by atoms with Gasteiger partial charge in [0.25, 0.3) is 0 Å². The highest BCUT2D eigenvalue weighted by molar-refractivity contribution is 6.01. The van der Waals surface area contributed by atoms with Crippen molar-refractivity contribution in [1.82, 2.24) is 0 Å². The largest absolute Gasteiger partial charge is 0.495 e. The predicted molar refractivity (Wildman–Crippen MR) is 77.1 cm³/mol. The number of para-hydroxylation sites is 3. The van der Waals surface area contributed by atoms with Crippen molar-refractivity contribution in [2.45, 2.75) is 6.18 Å². The van der Waals surface area contributed by atoms with E-state index in [1.165, 1.54) is 25.3 Å². The summed E-state index contributed by atoms with van der Waals surface area (Å²) >= 11 is 0. The molecule has 2 aromatic carbocycles. The van der Waals surface area contributed by atoms with E-state index in [1.54, 1.807) is 24.3 Å². The zero-order chi connectivity index (χ0) is 16.2. The molecule has 0 aliphatic carbocycles. The lowest BCUT2D eigenvalue weighted by molar-refractivity contribution is -0.136. The number of urea groups is 1. The van der Waals surface area contributed by atoms with Crippen LogP contribution in [0.3, 0.4) is 0 Å². The molecule has 7 heteroatoms. The minimum absolute atomic E-state index is 0.317. The number of methoxy groups -OCH3 is 1. The standard InChI is InChI=1S/C15H13F3N2O2/c1-22-13-9-5-4-8-12(13)20-14(21)19-11-7-3-2-6-10(11)15(16,17)18/h2-9H,1H3,(H2,19,20,21). The molecule has 2 rings (SSSR count). The van der Waals surface area contributed by atoms with E-state index in [9.17, 15) is 18.0 Å². The van der Waals surface area contributed by atoms with Crippen molar-refractivity contribution >= 4 is 17.4 Å². The Kier molecular flexibility index (Phi) is 4.55. The van der Waals surface area contributed by atoms with Crippen molar-refractivity contribution in [2.24, 2.45) is 0 Å². The normalized spacial score (nSPS) is 10.9. The van der Waals surface area contributed by atoms with Crippen molar-refractivity contribution in [3.63, 3.8) is 0 Å². The molecule has 2 N–H and O–H groups in total. The second-order valence-electron chi connectivity index (χ2n) is 4.32. The van der Waals surface area contributed by atoms with E-state index in [1.807, 2.05) is 0 Å². The first-order valence-corrected chi connectivity index (χ1v) is 6.29. The third-order valence-electron chi connectivity index (χ3n) is 2.84. The summed E-state index contributed by atoms with van der Waals surface area (Å²) in [5, 5.41) is 4.64. The minimum atomic E-state index is -4.55. The summed E-state index contributed by atoms with van der Waals surface area (Å²) in [5.74, 6) is 0.404. The number of rotatable bonds is 3. The van der Waals surface area contributed by atoms with Gasteiger partial charge in [-0.25, -0.2) is 4.79 Å². The second kappa shape index (κ2) is 6.38. The molecule has 0 unspecified atom stereocenters. The highest BCUT2D eigenvalue weighted by Crippen LogP contribution is 2.34. The van der Waals surface area contributed by atoms with Crippen LogP contribution in [0.5, 0.6) is 5.75 Å². The molecule has 0 saturated heterocycles. The SMILES string of the molecule is COc1ccccc1NC(=O)Nc1ccccc1C(F)(F)F. The van der Waals surface area contributed by atoms with E-state index in [0.29, 0.717) is 11.4 Å². The first-order chi connectivity index (χ1) is 10.4. The molecule has 0 saturated carbocycles. The molecule has 116 valence electrons. The number of nitrogens with one attached hydrogen (secondary N) is 2. The fraction of sp³-hybridized carbons (Fsp3) is 0.133. The van der Waals surface area contributed by atoms with E-state index in [-0.39, 0.29) is 5.69 Å². The number of carbonyl (C=O) groups excluding carboxylic acids is 1. The molecule has 22 heavy (non-hydrogen) atoms. The van der Waals surface area contributed by atoms with Crippen LogP contribution in [0.4, 0.5) is 29.3 Å². The average Bonchev–Trinajstić information content (AvgIpc) is 2.47. The topological polar surface area (TPSA) is 50.4 Å². The number of amides is 2. The van der Waals surface area contributed by atoms with Gasteiger partial charge in [-0.05, 0) is 24.3 Å². The van der Waals surface area contributed by atoms with Crippen LogP contribution in [0.25, 0.3) is 0 Å². The van der Waals surface area contributed by atoms with Crippen molar-refractivity contribution in [1.29, 1.82) is 0 Å². The van der Waals surface area contributed by atoms with Gasteiger partial charge in [0.2, 0.25) is 0 Å². The van der Waals surface area contributed by atoms with Crippen LogP contribution >= 0.6 is 0 Å². The van der Waals surface area contributed by atoms with E-state index in [4.69, 9.17) is 4.74 Å². The molecule has 0 aromatic heterocycles. The van der Waals surface area contributed by atoms with Crippen molar-refractivity contribution < 1.29 is 22.7 Å². The highest BCUT2D eigenvalue weighted by atomic mass is 19.4. The molecule has 0 fully saturated rings. The smallest absolute Gasteiger partial charge is 0.418 e. The Bertz CT molecular complexity index is 672. The quantitative estimate of drug-likeness (QED) is 0.885. The Morgan fingerprint density at radius 2 is 1.50 bits per heavy atom. The molecule has 0 aliphatic rings. The molecule has 0 radical (unpaired) electrons. The maximum atomic E-state index is 12.9. The van der Waals surface area contributed by atoms with Crippen LogP contribution in [0, 0.1) is 0 Å². The number of alkyl halides is 3. The molecule has 2 aromatic rings. The lowest BCUT2D eigenvalue weighted by Crippen LogP contribution is -2.22. The van der Waals surface area contributed by atoms with E-state index in [2.05, 4.69) is 10.6 Å². The van der Waals surface area contributed by atoms with E-state index < -0.39 is 17.8 Å². The molecule has 0 heterocycles. The van der Waals surface area contributed by atoms with Gasteiger partial charge in [-0.15, -0.1) is 0 Å². The predicted octanol–water partition coefficient (Wildman–Crippen LogP) is 4.36. The van der Waals surface area contributed by atoms with Crippen LogP contribution < -0.4 is 15.4 Å². The van der Waals surface area contributed by atoms with Crippen LogP contribution in [0.15, 0.2) is 48.5 Å². The Morgan fingerprint density at radius 3 is 2.14 bits per heavy atom. The summed E-state index contributed by atoms with van der Waals surface area (Å²) in [6, 6.07) is 10.5. The van der Waals surface area contributed by atoms with Crippen molar-refractivity contribution in [2.75, 3.05) is 17.7 Å². The number of hydrogen-bond acceptors (Lipinski definition) is 2. The van der Waals surface area contributed by atoms with Crippen LogP contribution in [-0.2, 0) is 6.18 Å². The maximum absolute atomic E-state index is 12.9. The zero-order valence-electron chi connectivity index (χ0n) is 11.6. The number of benzene rings is 2. The summed E-state index contributed by atoms with van der Waals surface area (Å²) < 4.78 is 43.6. The van der Waals surface area contributed by atoms with Crippen molar-refractivity contribution in [3.8, 4) is 5.75 Å². The Balaban J connectivity index is 2.17. The summed E-state index contributed by atoms with van der Waals surface area (Å²) in [6.45, 7) is 0. The van der Waals surface area contributed by atoms with Gasteiger partial charge >= 0.3 is 12.2 Å². The van der Waals surface area contributed by atoms with Crippen LogP contribution in [-0.4, -0.2) is 13.1 Å². The zero-order valence-corrected chi connectivity index (χ0v) is 11.6. The summed E-state index contributed by atoms with van der Waals surface area (Å²) in [7, 11) is 1.43. The van der Waals surface area contributed by atoms with Gasteiger partial charge in [-0.2, -0.15) is 13.2 Å². The van der Waals surface area contributed by atoms with Gasteiger partial charge in [-0.3, -0.25) is 0 Å². The molecule has 0 aliphatic heterocycles. The van der Waals surface area contributed by atoms with Gasteiger partial charge in [0.15, 0.2) is 0 Å². The van der Waals surface area contributed by atoms with Gasteiger partial charge in [0, 0.05) is 0 Å². The summed E-state index contributed by atoms with van der Waals surface area (Å²) in [6.07, 6.45) is -4.55. The molecule has 2 amide bonds. The van der Waals surface area contributed by atoms with E-state index >= 15 is 0 Å². The molecule has 0 atom stereocenters. The number of halogens is 3. The fourth-order valence-corrected chi connectivity index (χ4v) is 1.86. The van der Waals surface area contributed by atoms with Gasteiger partial charge in [0.1, 0.15) is 5.75 Å². The number of anilines is 2. The monoisotopic (exact) mass is 310 g/mol. The van der Waals surface area contributed by atoms with Crippen LogP contribution in [0.2, 0.25) is 0 Å². The molecular weight excluding hydrogens is 297 g/mol. The second-order valence-corrected chi connectivity index (χ2v) is 4.32. The van der Waals surface area contributed by atoms with E-state index in [0.717, 1.165) is 6.07 Å². The van der Waals surface area contributed by atoms with Gasteiger partial charge in [-0.1, -0.05) is 24.3 Å². The number of carbonyl (C=O) groups is 1. The molecule has 0 bridgehead atoms. The summed E-state index contributed by atoms with van der Waals surface area (Å²) in [5.41, 5.74) is -0.875. The van der Waals surface area contributed by atoms with Gasteiger partial charge < -0.3 is 15.4 Å². The molecular formula is C15H13F3N2O2. The lowest BCUT2D eigenvalue weighted by atomic mass is 10.1. The van der Waals surface area contributed by atoms with Crippen molar-refractivity contribution in [3.05, 3.63) is 54.1 Å².